The third-order valence-corrected chi connectivity index (χ3v) is 7.21. The van der Waals surface area contributed by atoms with E-state index in [1.807, 2.05) is 0 Å². The number of rotatable bonds is 2. The van der Waals surface area contributed by atoms with E-state index in [0.717, 1.165) is 0 Å². The van der Waals surface area contributed by atoms with Crippen LogP contribution in [0.2, 0.25) is 0 Å². The maximum atomic E-state index is 13.4. The van der Waals surface area contributed by atoms with Crippen LogP contribution in [-0.4, -0.2) is 46.1 Å². The molecule has 2 nitrogen and oxygen atoms in total. The van der Waals surface area contributed by atoms with Crippen LogP contribution in [0.5, 0.6) is 0 Å². The standard InChI is InChI=1S/C16H16F12O2/c17-13(18,19)11(29,14(20,21)22)9-7-1-6-2-8(9)5-10(3-6,4-7)12(30,15(23,24)25)16(26,27)28/h6-9,29-30H,1-5H2. The summed E-state index contributed by atoms with van der Waals surface area (Å²) < 4.78 is 161. The fourth-order valence-corrected chi connectivity index (χ4v) is 6.45. The Morgan fingerprint density at radius 3 is 1.23 bits per heavy atom. The Kier molecular flexibility index (Phi) is 4.83. The summed E-state index contributed by atoms with van der Waals surface area (Å²) in [5.74, 6) is -7.55. The van der Waals surface area contributed by atoms with Crippen molar-refractivity contribution >= 4 is 0 Å². The van der Waals surface area contributed by atoms with Crippen LogP contribution >= 0.6 is 0 Å². The third-order valence-electron chi connectivity index (χ3n) is 7.21. The van der Waals surface area contributed by atoms with E-state index in [1.165, 1.54) is 0 Å². The SMILES string of the molecule is OC(C1C2CC3CC1CC(C(O)(C(F)(F)F)C(F)(F)F)(C3)C2)(C(F)(F)F)C(F)(F)F. The van der Waals surface area contributed by atoms with E-state index in [9.17, 15) is 62.9 Å². The Bertz CT molecular complexity index is 644. The predicted octanol–water partition coefficient (Wildman–Crippen LogP) is 5.14. The number of halogens is 12. The van der Waals surface area contributed by atoms with Crippen LogP contribution in [0, 0.1) is 29.1 Å². The van der Waals surface area contributed by atoms with Gasteiger partial charge in [-0.25, -0.2) is 0 Å². The molecule has 0 spiro atoms. The fourth-order valence-electron chi connectivity index (χ4n) is 6.45. The second-order valence-corrected chi connectivity index (χ2v) is 8.74. The maximum absolute atomic E-state index is 13.4. The molecule has 4 aliphatic carbocycles. The van der Waals surface area contributed by atoms with Gasteiger partial charge < -0.3 is 10.2 Å². The first-order valence-corrected chi connectivity index (χ1v) is 8.84. The van der Waals surface area contributed by atoms with E-state index >= 15 is 0 Å². The maximum Gasteiger partial charge on any atom is 0.426 e. The number of hydrogen-bond donors (Lipinski definition) is 2. The molecule has 0 aromatic carbocycles. The van der Waals surface area contributed by atoms with Crippen molar-refractivity contribution in [2.24, 2.45) is 29.1 Å². The zero-order valence-corrected chi connectivity index (χ0v) is 14.8. The lowest BCUT2D eigenvalue weighted by Crippen LogP contribution is -2.75. The highest BCUT2D eigenvalue weighted by Gasteiger charge is 2.84. The van der Waals surface area contributed by atoms with Gasteiger partial charge in [0.15, 0.2) is 0 Å². The molecule has 4 rings (SSSR count). The lowest BCUT2D eigenvalue weighted by molar-refractivity contribution is -0.435. The molecule has 0 aromatic rings. The highest BCUT2D eigenvalue weighted by Crippen LogP contribution is 2.72. The van der Waals surface area contributed by atoms with Crippen molar-refractivity contribution < 1.29 is 62.9 Å². The molecular formula is C16H16F12O2. The Morgan fingerprint density at radius 1 is 0.567 bits per heavy atom. The van der Waals surface area contributed by atoms with Gasteiger partial charge >= 0.3 is 24.7 Å². The molecule has 30 heavy (non-hydrogen) atoms. The summed E-state index contributed by atoms with van der Waals surface area (Å²) in [5, 5.41) is 19.7. The van der Waals surface area contributed by atoms with Gasteiger partial charge in [-0.2, -0.15) is 52.7 Å². The van der Waals surface area contributed by atoms with Gasteiger partial charge in [0.1, 0.15) is 0 Å². The summed E-state index contributed by atoms with van der Waals surface area (Å²) in [6.45, 7) is 0. The fraction of sp³-hybridized carbons (Fsp3) is 1.00. The Balaban J connectivity index is 2.13. The Morgan fingerprint density at radius 2 is 0.933 bits per heavy atom. The van der Waals surface area contributed by atoms with E-state index in [1.54, 1.807) is 0 Å². The van der Waals surface area contributed by atoms with E-state index < -0.39 is 97.1 Å². The van der Waals surface area contributed by atoms with Crippen LogP contribution in [0.3, 0.4) is 0 Å². The summed E-state index contributed by atoms with van der Waals surface area (Å²) in [6, 6.07) is 0. The molecule has 0 aliphatic heterocycles. The van der Waals surface area contributed by atoms with Crippen LogP contribution < -0.4 is 0 Å². The zero-order chi connectivity index (χ0) is 23.3. The molecule has 0 radical (unpaired) electrons. The summed E-state index contributed by atoms with van der Waals surface area (Å²) in [5.41, 5.74) is -13.6. The van der Waals surface area contributed by atoms with E-state index in [-0.39, 0.29) is 0 Å². The van der Waals surface area contributed by atoms with Crippen LogP contribution in [0.4, 0.5) is 52.7 Å². The monoisotopic (exact) mass is 468 g/mol. The van der Waals surface area contributed by atoms with Crippen molar-refractivity contribution in [1.29, 1.82) is 0 Å². The zero-order valence-electron chi connectivity index (χ0n) is 14.8. The molecule has 4 aliphatic rings. The molecule has 176 valence electrons. The van der Waals surface area contributed by atoms with Crippen molar-refractivity contribution in [2.45, 2.75) is 68.0 Å². The van der Waals surface area contributed by atoms with E-state index in [2.05, 4.69) is 0 Å². The van der Waals surface area contributed by atoms with Crippen LogP contribution in [-0.2, 0) is 0 Å². The molecule has 14 heteroatoms. The summed E-state index contributed by atoms with van der Waals surface area (Å²) in [4.78, 5) is 0. The van der Waals surface area contributed by atoms with Crippen molar-refractivity contribution in [3.8, 4) is 0 Å². The van der Waals surface area contributed by atoms with E-state index in [0.29, 0.717) is 0 Å². The van der Waals surface area contributed by atoms with Gasteiger partial charge in [0.25, 0.3) is 11.2 Å². The van der Waals surface area contributed by atoms with Gasteiger partial charge in [0.05, 0.1) is 0 Å². The second-order valence-electron chi connectivity index (χ2n) is 8.74. The highest BCUT2D eigenvalue weighted by atomic mass is 19.4. The molecule has 0 saturated heterocycles. The van der Waals surface area contributed by atoms with Gasteiger partial charge in [-0.05, 0) is 49.9 Å². The first kappa shape index (κ1) is 23.7. The molecular weight excluding hydrogens is 452 g/mol. The Labute approximate surface area is 161 Å². The van der Waals surface area contributed by atoms with Gasteiger partial charge in [0.2, 0.25) is 0 Å². The molecule has 4 fully saturated rings. The van der Waals surface area contributed by atoms with Crippen molar-refractivity contribution in [3.05, 3.63) is 0 Å². The average molecular weight is 468 g/mol. The number of aliphatic hydroxyl groups is 2. The summed E-state index contributed by atoms with van der Waals surface area (Å²) in [7, 11) is 0. The lowest BCUT2D eigenvalue weighted by Gasteiger charge is -2.66. The smallest absolute Gasteiger partial charge is 0.373 e. The van der Waals surface area contributed by atoms with Gasteiger partial charge in [-0.1, -0.05) is 0 Å². The normalized spacial score (nSPS) is 35.8. The minimum absolute atomic E-state index is 0.497. The third kappa shape index (κ3) is 2.80. The summed E-state index contributed by atoms with van der Waals surface area (Å²) >= 11 is 0. The van der Waals surface area contributed by atoms with E-state index in [4.69, 9.17) is 0 Å². The molecule has 0 amide bonds. The quantitative estimate of drug-likeness (QED) is 0.552. The molecule has 4 saturated carbocycles. The number of hydrogen-bond acceptors (Lipinski definition) is 2. The van der Waals surface area contributed by atoms with Crippen LogP contribution in [0.15, 0.2) is 0 Å². The van der Waals surface area contributed by atoms with Crippen LogP contribution in [0.1, 0.15) is 32.1 Å². The second kappa shape index (κ2) is 6.10. The molecule has 0 heterocycles. The van der Waals surface area contributed by atoms with Crippen molar-refractivity contribution in [2.75, 3.05) is 0 Å². The van der Waals surface area contributed by atoms with Crippen molar-refractivity contribution in [3.63, 3.8) is 0 Å². The van der Waals surface area contributed by atoms with Gasteiger partial charge in [0, 0.05) is 11.3 Å². The largest absolute Gasteiger partial charge is 0.426 e. The topological polar surface area (TPSA) is 40.5 Å². The van der Waals surface area contributed by atoms with Gasteiger partial charge in [-0.3, -0.25) is 0 Å². The van der Waals surface area contributed by atoms with Gasteiger partial charge in [-0.15, -0.1) is 0 Å². The predicted molar refractivity (Wildman–Crippen MR) is 73.6 cm³/mol. The molecule has 4 bridgehead atoms. The summed E-state index contributed by atoms with van der Waals surface area (Å²) in [6.07, 6.45) is -29.6. The molecule has 2 unspecified atom stereocenters. The first-order valence-electron chi connectivity index (χ1n) is 8.84. The number of alkyl halides is 12. The lowest BCUT2D eigenvalue weighted by atomic mass is 9.40. The Hall–Kier alpha value is -0.920. The van der Waals surface area contributed by atoms with Crippen molar-refractivity contribution in [1.82, 2.24) is 0 Å². The minimum Gasteiger partial charge on any atom is -0.373 e. The molecule has 0 aromatic heterocycles. The highest BCUT2D eigenvalue weighted by molar-refractivity contribution is 5.20. The molecule has 2 atom stereocenters. The van der Waals surface area contributed by atoms with Crippen LogP contribution in [0.25, 0.3) is 0 Å². The minimum atomic E-state index is -6.25. The molecule has 2 N–H and O–H groups in total. The first-order chi connectivity index (χ1) is 13.1. The average Bonchev–Trinajstić information content (AvgIpc) is 2.48.